The van der Waals surface area contributed by atoms with Gasteiger partial charge in [-0.1, -0.05) is 79.1 Å². The van der Waals surface area contributed by atoms with Crippen LogP contribution in [0.4, 0.5) is 0 Å². The quantitative estimate of drug-likeness (QED) is 0.323. The molecule has 0 N–H and O–H groups in total. The van der Waals surface area contributed by atoms with Gasteiger partial charge in [0.15, 0.2) is 0 Å². The lowest BCUT2D eigenvalue weighted by molar-refractivity contribution is -0.0842. The van der Waals surface area contributed by atoms with Crippen LogP contribution < -0.4 is 0 Å². The van der Waals surface area contributed by atoms with Crippen LogP contribution in [0.25, 0.3) is 0 Å². The van der Waals surface area contributed by atoms with Crippen molar-refractivity contribution in [1.29, 1.82) is 0 Å². The van der Waals surface area contributed by atoms with Gasteiger partial charge in [0.25, 0.3) is 0 Å². The maximum Gasteiger partial charge on any atom is 0.147 e. The predicted molar refractivity (Wildman–Crippen MR) is 88.3 cm³/mol. The normalized spacial score (nSPS) is 12.9. The number of unbranched alkanes of at least 4 members (excludes halogenated alkanes) is 2. The Bertz CT molecular complexity index is 338. The van der Waals surface area contributed by atoms with Crippen LogP contribution in [0.2, 0.25) is 0 Å². The molecule has 0 aliphatic heterocycles. The predicted octanol–water partition coefficient (Wildman–Crippen LogP) is 5.07. The number of hydrogen-bond donors (Lipinski definition) is 0. The van der Waals surface area contributed by atoms with Crippen molar-refractivity contribution in [2.24, 2.45) is 0 Å². The molecule has 0 spiro atoms. The SMILES string of the molecule is CCCCC[C@@H](/C=C/I)OCOCc1ccccc1. The van der Waals surface area contributed by atoms with Crippen molar-refractivity contribution in [3.05, 3.63) is 46.1 Å². The first-order valence-electron chi connectivity index (χ1n) is 6.87. The first-order valence-corrected chi connectivity index (χ1v) is 8.11. The molecule has 3 heteroatoms. The van der Waals surface area contributed by atoms with Gasteiger partial charge in [-0.2, -0.15) is 0 Å². The summed E-state index contributed by atoms with van der Waals surface area (Å²) in [5.41, 5.74) is 1.18. The van der Waals surface area contributed by atoms with Gasteiger partial charge < -0.3 is 9.47 Å². The number of halogens is 1. The van der Waals surface area contributed by atoms with Crippen molar-refractivity contribution in [2.45, 2.75) is 45.3 Å². The number of rotatable bonds is 10. The fraction of sp³-hybridized carbons (Fsp3) is 0.500. The minimum absolute atomic E-state index is 0.180. The van der Waals surface area contributed by atoms with Crippen LogP contribution in [0.5, 0.6) is 0 Å². The molecule has 0 unspecified atom stereocenters. The van der Waals surface area contributed by atoms with Crippen LogP contribution >= 0.6 is 22.6 Å². The van der Waals surface area contributed by atoms with Crippen molar-refractivity contribution in [2.75, 3.05) is 6.79 Å². The molecule has 0 amide bonds. The fourth-order valence-corrected chi connectivity index (χ4v) is 2.24. The highest BCUT2D eigenvalue weighted by Crippen LogP contribution is 2.10. The summed E-state index contributed by atoms with van der Waals surface area (Å²) in [6, 6.07) is 10.2. The van der Waals surface area contributed by atoms with E-state index >= 15 is 0 Å². The van der Waals surface area contributed by atoms with Gasteiger partial charge in [-0.25, -0.2) is 0 Å². The number of hydrogen-bond acceptors (Lipinski definition) is 2. The zero-order valence-electron chi connectivity index (χ0n) is 11.6. The van der Waals surface area contributed by atoms with Gasteiger partial charge >= 0.3 is 0 Å². The third-order valence-electron chi connectivity index (χ3n) is 2.86. The summed E-state index contributed by atoms with van der Waals surface area (Å²) in [4.78, 5) is 0. The summed E-state index contributed by atoms with van der Waals surface area (Å²) in [5.74, 6) is 0. The van der Waals surface area contributed by atoms with Crippen LogP contribution in [0.3, 0.4) is 0 Å². The molecule has 1 aromatic rings. The third-order valence-corrected chi connectivity index (χ3v) is 3.27. The largest absolute Gasteiger partial charge is 0.351 e. The van der Waals surface area contributed by atoms with E-state index in [1.54, 1.807) is 0 Å². The highest BCUT2D eigenvalue weighted by molar-refractivity contribution is 14.1. The maximum absolute atomic E-state index is 5.74. The van der Waals surface area contributed by atoms with E-state index in [4.69, 9.17) is 9.47 Å². The van der Waals surface area contributed by atoms with E-state index in [0.29, 0.717) is 13.4 Å². The Morgan fingerprint density at radius 2 is 2.00 bits per heavy atom. The molecule has 2 nitrogen and oxygen atoms in total. The Balaban J connectivity index is 2.17. The van der Waals surface area contributed by atoms with Crippen molar-refractivity contribution in [3.63, 3.8) is 0 Å². The molecule has 0 radical (unpaired) electrons. The molecule has 0 aliphatic carbocycles. The second-order valence-corrected chi connectivity index (χ2v) is 5.19. The summed E-state index contributed by atoms with van der Waals surface area (Å²) in [5, 5.41) is 0. The number of ether oxygens (including phenoxy) is 2. The van der Waals surface area contributed by atoms with Gasteiger partial charge in [0, 0.05) is 0 Å². The van der Waals surface area contributed by atoms with E-state index in [0.717, 1.165) is 6.42 Å². The topological polar surface area (TPSA) is 18.5 Å². The Labute approximate surface area is 130 Å². The summed E-state index contributed by atoms with van der Waals surface area (Å²) < 4.78 is 13.3. The van der Waals surface area contributed by atoms with E-state index < -0.39 is 0 Å². The summed E-state index contributed by atoms with van der Waals surface area (Å²) >= 11 is 2.23. The van der Waals surface area contributed by atoms with Gasteiger partial charge in [0.2, 0.25) is 0 Å². The fourth-order valence-electron chi connectivity index (χ4n) is 1.78. The monoisotopic (exact) mass is 374 g/mol. The van der Waals surface area contributed by atoms with E-state index in [1.165, 1.54) is 24.8 Å². The highest BCUT2D eigenvalue weighted by Gasteiger charge is 2.04. The molecular weight excluding hydrogens is 351 g/mol. The molecule has 0 saturated carbocycles. The van der Waals surface area contributed by atoms with E-state index in [-0.39, 0.29) is 6.10 Å². The van der Waals surface area contributed by atoms with Crippen molar-refractivity contribution < 1.29 is 9.47 Å². The van der Waals surface area contributed by atoms with Crippen LogP contribution in [-0.2, 0) is 16.1 Å². The average molecular weight is 374 g/mol. The molecule has 0 aliphatic rings. The summed E-state index contributed by atoms with van der Waals surface area (Å²) in [6.45, 7) is 3.18. The molecule has 0 fully saturated rings. The van der Waals surface area contributed by atoms with Crippen LogP contribution in [-0.4, -0.2) is 12.9 Å². The molecule has 0 saturated heterocycles. The highest BCUT2D eigenvalue weighted by atomic mass is 127. The molecule has 19 heavy (non-hydrogen) atoms. The first kappa shape index (κ1) is 16.7. The zero-order valence-corrected chi connectivity index (χ0v) is 13.7. The maximum atomic E-state index is 5.74. The molecule has 1 aromatic carbocycles. The third kappa shape index (κ3) is 8.39. The van der Waals surface area contributed by atoms with Gasteiger partial charge in [-0.3, -0.25) is 0 Å². The van der Waals surface area contributed by atoms with E-state index in [2.05, 4.69) is 47.7 Å². The summed E-state index contributed by atoms with van der Waals surface area (Å²) in [7, 11) is 0. The van der Waals surface area contributed by atoms with Gasteiger partial charge in [0.05, 0.1) is 12.7 Å². The minimum atomic E-state index is 0.180. The summed E-state index contributed by atoms with van der Waals surface area (Å²) in [6.07, 6.45) is 7.06. The Hall–Kier alpha value is -0.390. The Kier molecular flexibility index (Phi) is 10.0. The van der Waals surface area contributed by atoms with Gasteiger partial charge in [0.1, 0.15) is 6.79 Å². The van der Waals surface area contributed by atoms with Crippen LogP contribution in [0.1, 0.15) is 38.2 Å². The van der Waals surface area contributed by atoms with Gasteiger partial charge in [-0.15, -0.1) is 0 Å². The molecule has 0 aromatic heterocycles. The lowest BCUT2D eigenvalue weighted by Gasteiger charge is -2.14. The minimum Gasteiger partial charge on any atom is -0.351 e. The van der Waals surface area contributed by atoms with E-state index in [9.17, 15) is 0 Å². The molecule has 1 atom stereocenters. The van der Waals surface area contributed by atoms with Crippen LogP contribution in [0.15, 0.2) is 40.5 Å². The smallest absolute Gasteiger partial charge is 0.147 e. The Morgan fingerprint density at radius 3 is 2.68 bits per heavy atom. The molecule has 106 valence electrons. The van der Waals surface area contributed by atoms with Crippen molar-refractivity contribution in [3.8, 4) is 0 Å². The molecule has 1 rings (SSSR count). The second-order valence-electron chi connectivity index (χ2n) is 4.47. The average Bonchev–Trinajstić information content (AvgIpc) is 2.45. The lowest BCUT2D eigenvalue weighted by atomic mass is 10.1. The van der Waals surface area contributed by atoms with E-state index in [1.807, 2.05) is 22.3 Å². The molecular formula is C16H23IO2. The standard InChI is InChI=1S/C16H23IO2/c1-2-3-5-10-16(11-12-17)19-14-18-13-15-8-6-4-7-9-15/h4,6-9,11-12,16H,2-3,5,10,13-14H2,1H3/b12-11+/t16-/m0/s1. The lowest BCUT2D eigenvalue weighted by Crippen LogP contribution is -2.12. The van der Waals surface area contributed by atoms with Crippen molar-refractivity contribution in [1.82, 2.24) is 0 Å². The first-order chi connectivity index (χ1) is 9.36. The number of benzene rings is 1. The zero-order chi connectivity index (χ0) is 13.8. The van der Waals surface area contributed by atoms with Crippen molar-refractivity contribution >= 4 is 22.6 Å². The second kappa shape index (κ2) is 11.4. The molecule has 0 bridgehead atoms. The Morgan fingerprint density at radius 1 is 1.21 bits per heavy atom. The van der Waals surface area contributed by atoms with Crippen LogP contribution in [0, 0.1) is 0 Å². The van der Waals surface area contributed by atoms with Gasteiger partial charge in [-0.05, 0) is 22.1 Å². The molecule has 0 heterocycles.